The third-order valence-corrected chi connectivity index (χ3v) is 3.88. The maximum Gasteiger partial charge on any atom is 0.225 e. The maximum atomic E-state index is 4.61. The number of hydrogen-bond donors (Lipinski definition) is 1. The summed E-state index contributed by atoms with van der Waals surface area (Å²) in [6.07, 6.45) is 6.98. The highest BCUT2D eigenvalue weighted by Crippen LogP contribution is 2.19. The van der Waals surface area contributed by atoms with Crippen molar-refractivity contribution in [1.29, 1.82) is 0 Å². The van der Waals surface area contributed by atoms with E-state index in [4.69, 9.17) is 0 Å². The Balaban J connectivity index is 1.64. The van der Waals surface area contributed by atoms with Gasteiger partial charge in [-0.3, -0.25) is 9.55 Å². The van der Waals surface area contributed by atoms with Gasteiger partial charge in [-0.15, -0.1) is 0 Å². The molecule has 118 valence electrons. The zero-order chi connectivity index (χ0) is 16.4. The van der Waals surface area contributed by atoms with Crippen LogP contribution in [0.4, 0.5) is 5.95 Å². The summed E-state index contributed by atoms with van der Waals surface area (Å²) in [5.74, 6) is 1.35. The molecular weight excluding hydrogens is 300 g/mol. The lowest BCUT2D eigenvalue weighted by Crippen LogP contribution is -2.10. The molecular formula is C18H16N6. The number of nitrogens with zero attached hydrogens (tertiary/aromatic N) is 5. The van der Waals surface area contributed by atoms with Gasteiger partial charge in [-0.1, -0.05) is 30.3 Å². The lowest BCUT2D eigenvalue weighted by atomic mass is 10.1. The fourth-order valence-electron chi connectivity index (χ4n) is 2.62. The molecule has 4 aromatic rings. The molecule has 0 aliphatic carbocycles. The van der Waals surface area contributed by atoms with Crippen molar-refractivity contribution >= 4 is 17.0 Å². The van der Waals surface area contributed by atoms with Crippen LogP contribution in [0, 0.1) is 0 Å². The predicted molar refractivity (Wildman–Crippen MR) is 92.9 cm³/mol. The largest absolute Gasteiger partial charge is 0.348 e. The first-order valence-corrected chi connectivity index (χ1v) is 7.73. The summed E-state index contributed by atoms with van der Waals surface area (Å²) < 4.78 is 1.93. The minimum Gasteiger partial charge on any atom is -0.348 e. The molecule has 1 atom stereocenters. The summed E-state index contributed by atoms with van der Waals surface area (Å²) >= 11 is 0. The molecule has 1 N–H and O–H groups in total. The lowest BCUT2D eigenvalue weighted by Gasteiger charge is -2.14. The molecule has 6 nitrogen and oxygen atoms in total. The third-order valence-electron chi connectivity index (χ3n) is 3.88. The summed E-state index contributed by atoms with van der Waals surface area (Å²) in [7, 11) is 0. The van der Waals surface area contributed by atoms with Crippen molar-refractivity contribution in [2.75, 3.05) is 5.32 Å². The summed E-state index contributed by atoms with van der Waals surface area (Å²) in [6, 6.07) is 14.1. The highest BCUT2D eigenvalue weighted by atomic mass is 15.2. The molecule has 1 aromatic carbocycles. The van der Waals surface area contributed by atoms with Gasteiger partial charge in [0, 0.05) is 12.4 Å². The Hall–Kier alpha value is -3.28. The van der Waals surface area contributed by atoms with Crippen molar-refractivity contribution in [3.8, 4) is 5.82 Å². The molecule has 0 saturated heterocycles. The van der Waals surface area contributed by atoms with E-state index >= 15 is 0 Å². The monoisotopic (exact) mass is 316 g/mol. The number of benzene rings is 1. The van der Waals surface area contributed by atoms with Gasteiger partial charge >= 0.3 is 0 Å². The second-order valence-corrected chi connectivity index (χ2v) is 5.49. The van der Waals surface area contributed by atoms with E-state index in [2.05, 4.69) is 44.3 Å². The quantitative estimate of drug-likeness (QED) is 0.625. The number of aromatic nitrogens is 5. The number of pyridine rings is 1. The SMILES string of the molecule is C[C@H](Nc1nccc(-n2cnc3cnccc32)n1)c1ccccc1. The Morgan fingerprint density at radius 3 is 2.75 bits per heavy atom. The number of anilines is 1. The number of fused-ring (bicyclic) bond motifs is 1. The maximum absolute atomic E-state index is 4.61. The van der Waals surface area contributed by atoms with E-state index in [0.717, 1.165) is 16.9 Å². The molecule has 0 amide bonds. The zero-order valence-electron chi connectivity index (χ0n) is 13.2. The van der Waals surface area contributed by atoms with Gasteiger partial charge in [0.25, 0.3) is 0 Å². The van der Waals surface area contributed by atoms with Crippen molar-refractivity contribution in [3.63, 3.8) is 0 Å². The molecule has 0 bridgehead atoms. The number of rotatable bonds is 4. The normalized spacial score (nSPS) is 12.2. The van der Waals surface area contributed by atoms with Crippen LogP contribution < -0.4 is 5.32 Å². The van der Waals surface area contributed by atoms with Gasteiger partial charge in [-0.25, -0.2) is 9.97 Å². The Morgan fingerprint density at radius 1 is 1.00 bits per heavy atom. The Kier molecular flexibility index (Phi) is 3.63. The summed E-state index contributed by atoms with van der Waals surface area (Å²) in [5.41, 5.74) is 2.99. The molecule has 0 fully saturated rings. The van der Waals surface area contributed by atoms with E-state index in [9.17, 15) is 0 Å². The van der Waals surface area contributed by atoms with E-state index in [1.807, 2.05) is 34.9 Å². The average molecular weight is 316 g/mol. The Bertz CT molecular complexity index is 963. The van der Waals surface area contributed by atoms with E-state index < -0.39 is 0 Å². The molecule has 3 heterocycles. The van der Waals surface area contributed by atoms with Crippen molar-refractivity contribution in [2.45, 2.75) is 13.0 Å². The molecule has 6 heteroatoms. The van der Waals surface area contributed by atoms with Gasteiger partial charge in [-0.05, 0) is 24.6 Å². The first-order chi connectivity index (χ1) is 11.8. The zero-order valence-corrected chi connectivity index (χ0v) is 13.2. The van der Waals surface area contributed by atoms with Gasteiger partial charge in [0.15, 0.2) is 0 Å². The fourth-order valence-corrected chi connectivity index (χ4v) is 2.62. The summed E-state index contributed by atoms with van der Waals surface area (Å²) in [4.78, 5) is 17.4. The number of nitrogens with one attached hydrogen (secondary N) is 1. The third kappa shape index (κ3) is 2.69. The highest BCUT2D eigenvalue weighted by Gasteiger charge is 2.09. The van der Waals surface area contributed by atoms with Crippen LogP contribution in [-0.2, 0) is 0 Å². The van der Waals surface area contributed by atoms with E-state index in [-0.39, 0.29) is 6.04 Å². The Morgan fingerprint density at radius 2 is 1.88 bits per heavy atom. The summed E-state index contributed by atoms with van der Waals surface area (Å²) in [5, 5.41) is 3.34. The second-order valence-electron chi connectivity index (χ2n) is 5.49. The first kappa shape index (κ1) is 14.3. The van der Waals surface area contributed by atoms with Crippen LogP contribution in [-0.4, -0.2) is 24.5 Å². The Labute approximate surface area is 139 Å². The van der Waals surface area contributed by atoms with Crippen LogP contribution >= 0.6 is 0 Å². The van der Waals surface area contributed by atoms with Crippen molar-refractivity contribution < 1.29 is 0 Å². The van der Waals surface area contributed by atoms with Crippen molar-refractivity contribution in [2.24, 2.45) is 0 Å². The lowest BCUT2D eigenvalue weighted by molar-refractivity contribution is 0.854. The van der Waals surface area contributed by atoms with Crippen molar-refractivity contribution in [3.05, 3.63) is 72.9 Å². The highest BCUT2D eigenvalue weighted by molar-refractivity contribution is 5.75. The predicted octanol–water partition coefficient (Wildman–Crippen LogP) is 3.38. The first-order valence-electron chi connectivity index (χ1n) is 7.73. The van der Waals surface area contributed by atoms with Crippen LogP contribution in [0.5, 0.6) is 0 Å². The molecule has 0 aliphatic rings. The average Bonchev–Trinajstić information content (AvgIpc) is 3.07. The second kappa shape index (κ2) is 6.08. The molecule has 0 spiro atoms. The minimum absolute atomic E-state index is 0.116. The van der Waals surface area contributed by atoms with Crippen LogP contribution in [0.15, 0.2) is 67.4 Å². The van der Waals surface area contributed by atoms with Gasteiger partial charge in [0.1, 0.15) is 17.7 Å². The smallest absolute Gasteiger partial charge is 0.225 e. The molecule has 0 saturated carbocycles. The van der Waals surface area contributed by atoms with Gasteiger partial charge in [-0.2, -0.15) is 4.98 Å². The van der Waals surface area contributed by atoms with E-state index in [0.29, 0.717) is 5.95 Å². The van der Waals surface area contributed by atoms with Crippen LogP contribution in [0.2, 0.25) is 0 Å². The summed E-state index contributed by atoms with van der Waals surface area (Å²) in [6.45, 7) is 2.09. The molecule has 0 aliphatic heterocycles. The number of hydrogen-bond acceptors (Lipinski definition) is 5. The molecule has 24 heavy (non-hydrogen) atoms. The fraction of sp³-hybridized carbons (Fsp3) is 0.111. The van der Waals surface area contributed by atoms with Crippen LogP contribution in [0.1, 0.15) is 18.5 Å². The molecule has 3 aromatic heterocycles. The van der Waals surface area contributed by atoms with E-state index in [1.165, 1.54) is 5.56 Å². The van der Waals surface area contributed by atoms with Crippen LogP contribution in [0.25, 0.3) is 16.9 Å². The topological polar surface area (TPSA) is 68.5 Å². The van der Waals surface area contributed by atoms with Gasteiger partial charge < -0.3 is 5.32 Å². The van der Waals surface area contributed by atoms with Crippen LogP contribution in [0.3, 0.4) is 0 Å². The van der Waals surface area contributed by atoms with Gasteiger partial charge in [0.2, 0.25) is 5.95 Å². The van der Waals surface area contributed by atoms with E-state index in [1.54, 1.807) is 24.9 Å². The van der Waals surface area contributed by atoms with Gasteiger partial charge in [0.05, 0.1) is 17.8 Å². The number of imidazole rings is 1. The molecule has 0 unspecified atom stereocenters. The molecule has 0 radical (unpaired) electrons. The van der Waals surface area contributed by atoms with Crippen molar-refractivity contribution in [1.82, 2.24) is 24.5 Å². The molecule has 4 rings (SSSR count). The standard InChI is InChI=1S/C18H16N6/c1-13(14-5-3-2-4-6-14)22-18-20-10-8-17(23-18)24-12-21-15-11-19-9-7-16(15)24/h2-13H,1H3,(H,20,22,23)/t13-/m0/s1. The minimum atomic E-state index is 0.116.